The van der Waals surface area contributed by atoms with Crippen LogP contribution < -0.4 is 5.73 Å². The standard InChI is InChI=1S/C12H23NO3/c1-10(2,3)5-9(13)12-14-6-11(4,7-15-12)8-16-12/h9H,5-8,13H2,1-4H3/t9-,11?,12?/m0/s1. The predicted octanol–water partition coefficient (Wildman–Crippen LogP) is 1.49. The van der Waals surface area contributed by atoms with Crippen LogP contribution in [0.25, 0.3) is 0 Å². The summed E-state index contributed by atoms with van der Waals surface area (Å²) in [5.41, 5.74) is 6.32. The molecule has 0 aliphatic carbocycles. The lowest BCUT2D eigenvalue weighted by Crippen LogP contribution is -2.66. The van der Waals surface area contributed by atoms with Gasteiger partial charge < -0.3 is 19.9 Å². The maximum absolute atomic E-state index is 6.17. The Morgan fingerprint density at radius 1 is 1.12 bits per heavy atom. The summed E-state index contributed by atoms with van der Waals surface area (Å²) in [5.74, 6) is -0.995. The monoisotopic (exact) mass is 229 g/mol. The van der Waals surface area contributed by atoms with Crippen LogP contribution in [-0.2, 0) is 14.2 Å². The number of rotatable bonds is 2. The minimum atomic E-state index is -0.995. The fourth-order valence-corrected chi connectivity index (χ4v) is 2.18. The van der Waals surface area contributed by atoms with Crippen LogP contribution in [-0.4, -0.2) is 31.8 Å². The van der Waals surface area contributed by atoms with E-state index in [4.69, 9.17) is 19.9 Å². The highest BCUT2D eigenvalue weighted by Gasteiger charge is 2.54. The fourth-order valence-electron chi connectivity index (χ4n) is 2.18. The fraction of sp³-hybridized carbons (Fsp3) is 1.00. The van der Waals surface area contributed by atoms with E-state index in [-0.39, 0.29) is 16.9 Å². The Kier molecular flexibility index (Phi) is 2.82. The molecule has 3 heterocycles. The second kappa shape index (κ2) is 3.67. The lowest BCUT2D eigenvalue weighted by Gasteiger charge is -2.53. The van der Waals surface area contributed by atoms with Crippen LogP contribution in [0.15, 0.2) is 0 Å². The van der Waals surface area contributed by atoms with Gasteiger partial charge in [0.15, 0.2) is 0 Å². The van der Waals surface area contributed by atoms with Gasteiger partial charge >= 0.3 is 0 Å². The van der Waals surface area contributed by atoms with E-state index in [1.807, 2.05) is 0 Å². The smallest absolute Gasteiger partial charge is 0.299 e. The van der Waals surface area contributed by atoms with Crippen molar-refractivity contribution in [2.24, 2.45) is 16.6 Å². The normalized spacial score (nSPS) is 41.1. The van der Waals surface area contributed by atoms with E-state index in [1.54, 1.807) is 0 Å². The topological polar surface area (TPSA) is 53.7 Å². The number of fused-ring (bicyclic) bond motifs is 3. The molecule has 2 N–H and O–H groups in total. The van der Waals surface area contributed by atoms with Crippen LogP contribution in [0.3, 0.4) is 0 Å². The van der Waals surface area contributed by atoms with Crippen LogP contribution in [0, 0.1) is 10.8 Å². The first-order valence-corrected chi connectivity index (χ1v) is 5.92. The Hall–Kier alpha value is -0.160. The number of hydrogen-bond acceptors (Lipinski definition) is 4. The average Bonchev–Trinajstić information content (AvgIpc) is 2.16. The SMILES string of the molecule is CC(C)(C)C[C@H](N)C12OCC(C)(CO1)CO2. The molecule has 0 radical (unpaired) electrons. The van der Waals surface area contributed by atoms with Gasteiger partial charge in [0.25, 0.3) is 5.97 Å². The first-order valence-electron chi connectivity index (χ1n) is 5.92. The van der Waals surface area contributed by atoms with Crippen molar-refractivity contribution >= 4 is 0 Å². The second-order valence-electron chi connectivity index (χ2n) is 6.65. The molecule has 0 saturated carbocycles. The van der Waals surface area contributed by atoms with Crippen molar-refractivity contribution in [3.05, 3.63) is 0 Å². The third-order valence-electron chi connectivity index (χ3n) is 3.15. The van der Waals surface area contributed by atoms with Crippen molar-refractivity contribution in [1.29, 1.82) is 0 Å². The molecule has 1 atom stereocenters. The molecule has 4 heteroatoms. The van der Waals surface area contributed by atoms with Crippen LogP contribution in [0.5, 0.6) is 0 Å². The first-order chi connectivity index (χ1) is 7.25. The predicted molar refractivity (Wildman–Crippen MR) is 60.7 cm³/mol. The quantitative estimate of drug-likeness (QED) is 0.779. The van der Waals surface area contributed by atoms with Gasteiger partial charge in [-0.15, -0.1) is 0 Å². The second-order valence-corrected chi connectivity index (χ2v) is 6.65. The third kappa shape index (κ3) is 2.25. The lowest BCUT2D eigenvalue weighted by molar-refractivity contribution is -0.473. The molecule has 16 heavy (non-hydrogen) atoms. The molecule has 2 bridgehead atoms. The number of ether oxygens (including phenoxy) is 3. The highest BCUT2D eigenvalue weighted by molar-refractivity contribution is 4.90. The molecule has 94 valence electrons. The molecule has 3 fully saturated rings. The summed E-state index contributed by atoms with van der Waals surface area (Å²) >= 11 is 0. The summed E-state index contributed by atoms with van der Waals surface area (Å²) in [7, 11) is 0. The first kappa shape index (κ1) is 12.3. The van der Waals surface area contributed by atoms with Crippen LogP contribution in [0.1, 0.15) is 34.1 Å². The summed E-state index contributed by atoms with van der Waals surface area (Å²) in [6.07, 6.45) is 0.809. The summed E-state index contributed by atoms with van der Waals surface area (Å²) < 4.78 is 17.1. The van der Waals surface area contributed by atoms with Gasteiger partial charge in [-0.2, -0.15) is 0 Å². The maximum atomic E-state index is 6.17. The van der Waals surface area contributed by atoms with Gasteiger partial charge in [0.05, 0.1) is 25.9 Å². The van der Waals surface area contributed by atoms with Gasteiger partial charge in [0, 0.05) is 5.41 Å². The van der Waals surface area contributed by atoms with Crippen molar-refractivity contribution in [2.45, 2.75) is 46.1 Å². The molecular formula is C12H23NO3. The van der Waals surface area contributed by atoms with Crippen molar-refractivity contribution in [2.75, 3.05) is 19.8 Å². The highest BCUT2D eigenvalue weighted by Crippen LogP contribution is 2.41. The van der Waals surface area contributed by atoms with Gasteiger partial charge in [-0.1, -0.05) is 27.7 Å². The summed E-state index contributed by atoms with van der Waals surface area (Å²) in [5, 5.41) is 0. The molecule has 0 aromatic carbocycles. The van der Waals surface area contributed by atoms with E-state index >= 15 is 0 Å². The van der Waals surface area contributed by atoms with E-state index in [0.717, 1.165) is 6.42 Å². The molecule has 3 aliphatic rings. The molecular weight excluding hydrogens is 206 g/mol. The van der Waals surface area contributed by atoms with Crippen molar-refractivity contribution in [3.63, 3.8) is 0 Å². The van der Waals surface area contributed by atoms with Crippen molar-refractivity contribution < 1.29 is 14.2 Å². The van der Waals surface area contributed by atoms with Gasteiger partial charge in [-0.25, -0.2) is 0 Å². The third-order valence-corrected chi connectivity index (χ3v) is 3.15. The Balaban J connectivity index is 2.04. The molecule has 3 aliphatic heterocycles. The van der Waals surface area contributed by atoms with E-state index < -0.39 is 5.97 Å². The molecule has 4 nitrogen and oxygen atoms in total. The Morgan fingerprint density at radius 3 is 1.94 bits per heavy atom. The Morgan fingerprint density at radius 2 is 1.56 bits per heavy atom. The van der Waals surface area contributed by atoms with E-state index in [9.17, 15) is 0 Å². The molecule has 0 aromatic rings. The Labute approximate surface area is 97.4 Å². The largest absolute Gasteiger partial charge is 0.325 e. The van der Waals surface area contributed by atoms with Crippen LogP contribution >= 0.6 is 0 Å². The van der Waals surface area contributed by atoms with Gasteiger partial charge in [0.1, 0.15) is 0 Å². The molecule has 0 aromatic heterocycles. The van der Waals surface area contributed by atoms with Gasteiger partial charge in [-0.3, -0.25) is 0 Å². The zero-order valence-corrected chi connectivity index (χ0v) is 10.7. The summed E-state index contributed by atoms with van der Waals surface area (Å²) in [6.45, 7) is 10.6. The van der Waals surface area contributed by atoms with E-state index in [0.29, 0.717) is 19.8 Å². The molecule has 0 spiro atoms. The summed E-state index contributed by atoms with van der Waals surface area (Å²) in [4.78, 5) is 0. The van der Waals surface area contributed by atoms with Gasteiger partial charge in [-0.05, 0) is 11.8 Å². The van der Waals surface area contributed by atoms with Crippen LogP contribution in [0.4, 0.5) is 0 Å². The Bertz CT molecular complexity index is 247. The van der Waals surface area contributed by atoms with Crippen LogP contribution in [0.2, 0.25) is 0 Å². The van der Waals surface area contributed by atoms with E-state index in [1.165, 1.54) is 0 Å². The highest BCUT2D eigenvalue weighted by atomic mass is 16.9. The van der Waals surface area contributed by atoms with E-state index in [2.05, 4.69) is 27.7 Å². The summed E-state index contributed by atoms with van der Waals surface area (Å²) in [6, 6.07) is -0.239. The minimum absolute atomic E-state index is 0.00318. The average molecular weight is 229 g/mol. The molecule has 3 rings (SSSR count). The minimum Gasteiger partial charge on any atom is -0.325 e. The zero-order chi connectivity index (χ0) is 12.0. The molecule has 0 amide bonds. The number of hydrogen-bond donors (Lipinski definition) is 1. The number of nitrogens with two attached hydrogens (primary N) is 1. The zero-order valence-electron chi connectivity index (χ0n) is 10.7. The molecule has 3 saturated heterocycles. The van der Waals surface area contributed by atoms with Crippen molar-refractivity contribution in [3.8, 4) is 0 Å². The lowest BCUT2D eigenvalue weighted by atomic mass is 9.85. The maximum Gasteiger partial charge on any atom is 0.299 e. The van der Waals surface area contributed by atoms with Gasteiger partial charge in [0.2, 0.25) is 0 Å². The molecule has 0 unspecified atom stereocenters. The van der Waals surface area contributed by atoms with Crippen molar-refractivity contribution in [1.82, 2.24) is 0 Å².